The molecule has 0 aromatic heterocycles. The lowest BCUT2D eigenvalue weighted by atomic mass is 9.99. The zero-order valence-electron chi connectivity index (χ0n) is 22.6. The van der Waals surface area contributed by atoms with Crippen LogP contribution in [0.1, 0.15) is 54.4 Å². The van der Waals surface area contributed by atoms with Crippen LogP contribution in [0.15, 0.2) is 0 Å². The molecule has 1 saturated heterocycles. The lowest BCUT2D eigenvalue weighted by Crippen LogP contribution is -2.59. The third-order valence-corrected chi connectivity index (χ3v) is 12.7. The lowest BCUT2D eigenvalue weighted by Gasteiger charge is -2.39. The predicted molar refractivity (Wildman–Crippen MR) is 147 cm³/mol. The third-order valence-electron chi connectivity index (χ3n) is 6.37. The van der Waals surface area contributed by atoms with Crippen molar-refractivity contribution in [1.29, 1.82) is 0 Å². The number of hydrogen-bond acceptors (Lipinski definition) is 6. The van der Waals surface area contributed by atoms with Crippen molar-refractivity contribution in [2.45, 2.75) is 102 Å². The Bertz CT molecular complexity index is 1080. The first kappa shape index (κ1) is 32.4. The molecule has 4 N–H and O–H groups in total. The van der Waals surface area contributed by atoms with Crippen molar-refractivity contribution in [2.75, 3.05) is 13.2 Å². The van der Waals surface area contributed by atoms with Crippen LogP contribution >= 0.6 is 0 Å². The van der Waals surface area contributed by atoms with E-state index in [0.29, 0.717) is 29.5 Å². The number of aliphatic hydroxyl groups excluding tert-OH is 4. The summed E-state index contributed by atoms with van der Waals surface area (Å²) in [5.74, 6) is 29.8. The molecule has 198 valence electrons. The Morgan fingerprint density at radius 1 is 0.703 bits per heavy atom. The molecule has 37 heavy (non-hydrogen) atoms. The van der Waals surface area contributed by atoms with Gasteiger partial charge >= 0.3 is 0 Å². The van der Waals surface area contributed by atoms with E-state index in [1.165, 1.54) is 0 Å². The summed E-state index contributed by atoms with van der Waals surface area (Å²) in [5, 5.41) is 38.5. The number of unbranched alkanes of at least 4 members (excludes halogenated alkanes) is 1. The summed E-state index contributed by atoms with van der Waals surface area (Å²) in [7, 11) is -1.77. The van der Waals surface area contributed by atoms with Gasteiger partial charge in [0.1, 0.15) is 32.5 Å². The quantitative estimate of drug-likeness (QED) is 0.221. The fourth-order valence-electron chi connectivity index (χ4n) is 4.49. The van der Waals surface area contributed by atoms with Crippen molar-refractivity contribution in [3.8, 4) is 70.7 Å². The first-order valence-electron chi connectivity index (χ1n) is 12.5. The second-order valence-corrected chi connectivity index (χ2v) is 15.2. The number of hydrogen-bond donors (Lipinski definition) is 4. The fraction of sp³-hybridized carbons (Fsp3) is 0.600. The monoisotopic (exact) mass is 522 g/mol. The van der Waals surface area contributed by atoms with Crippen LogP contribution in [-0.4, -0.2) is 72.4 Å². The van der Waals surface area contributed by atoms with Crippen LogP contribution < -0.4 is 0 Å². The van der Waals surface area contributed by atoms with Crippen molar-refractivity contribution >= 4 is 8.07 Å². The van der Waals surface area contributed by atoms with E-state index in [2.05, 4.69) is 112 Å². The van der Waals surface area contributed by atoms with E-state index in [0.717, 1.165) is 0 Å². The van der Waals surface area contributed by atoms with Gasteiger partial charge in [0.15, 0.2) is 6.29 Å². The van der Waals surface area contributed by atoms with E-state index in [4.69, 9.17) is 14.6 Å². The molecule has 0 aromatic carbocycles. The summed E-state index contributed by atoms with van der Waals surface area (Å²) in [6, 6.07) is 0. The van der Waals surface area contributed by atoms with Crippen LogP contribution in [0.2, 0.25) is 16.6 Å². The fourth-order valence-corrected chi connectivity index (χ4v) is 9.64. The number of rotatable bonds is 8. The third kappa shape index (κ3) is 9.96. The molecule has 6 nitrogen and oxygen atoms in total. The molecule has 7 heteroatoms. The zero-order valence-corrected chi connectivity index (χ0v) is 23.6. The van der Waals surface area contributed by atoms with E-state index < -0.39 is 45.4 Å². The minimum absolute atomic E-state index is 0.210. The van der Waals surface area contributed by atoms with Gasteiger partial charge in [-0.3, -0.25) is 0 Å². The van der Waals surface area contributed by atoms with Gasteiger partial charge in [-0.05, 0) is 82.2 Å². The average Bonchev–Trinajstić information content (AvgIpc) is 2.85. The van der Waals surface area contributed by atoms with Gasteiger partial charge in [-0.1, -0.05) is 47.5 Å². The first-order chi connectivity index (χ1) is 17.6. The molecule has 0 aliphatic carbocycles. The van der Waals surface area contributed by atoms with Gasteiger partial charge in [-0.25, -0.2) is 0 Å². The molecule has 1 heterocycles. The summed E-state index contributed by atoms with van der Waals surface area (Å²) in [6.45, 7) is 13.3. The summed E-state index contributed by atoms with van der Waals surface area (Å²) < 4.78 is 10.6. The van der Waals surface area contributed by atoms with Gasteiger partial charge in [-0.15, -0.1) is 5.54 Å². The SMILES string of the molecule is CC(C)[Si](C#CC#CC#CC#CC#CC#CCCCO[C@@H]1O[C@H](CO)[C@@H](O)[C@H](O)[C@H]1O)(C(C)C)C(C)C. The molecule has 1 aliphatic rings. The largest absolute Gasteiger partial charge is 0.394 e. The Kier molecular flexibility index (Phi) is 14.8. The summed E-state index contributed by atoms with van der Waals surface area (Å²) in [4.78, 5) is 0. The smallest absolute Gasteiger partial charge is 0.186 e. The highest BCUT2D eigenvalue weighted by Crippen LogP contribution is 2.40. The highest BCUT2D eigenvalue weighted by atomic mass is 28.3. The Morgan fingerprint density at radius 3 is 1.68 bits per heavy atom. The number of ether oxygens (including phenoxy) is 2. The lowest BCUT2D eigenvalue weighted by molar-refractivity contribution is -0.301. The Morgan fingerprint density at radius 2 is 1.19 bits per heavy atom. The normalized spacial score (nSPS) is 22.5. The molecule has 0 radical (unpaired) electrons. The van der Waals surface area contributed by atoms with Crippen LogP contribution in [0.3, 0.4) is 0 Å². The zero-order chi connectivity index (χ0) is 27.8. The topological polar surface area (TPSA) is 99.4 Å². The van der Waals surface area contributed by atoms with Gasteiger partial charge in [0.05, 0.1) is 13.2 Å². The summed E-state index contributed by atoms with van der Waals surface area (Å²) in [5.41, 5.74) is 5.20. The van der Waals surface area contributed by atoms with Crippen LogP contribution in [-0.2, 0) is 9.47 Å². The van der Waals surface area contributed by atoms with Crippen molar-refractivity contribution in [3.05, 3.63) is 0 Å². The Labute approximate surface area is 223 Å². The molecule has 0 amide bonds. The molecular weight excluding hydrogens is 484 g/mol. The second-order valence-electron chi connectivity index (χ2n) is 9.62. The molecule has 0 saturated carbocycles. The summed E-state index contributed by atoms with van der Waals surface area (Å²) in [6.07, 6.45) is -5.36. The molecule has 1 fully saturated rings. The van der Waals surface area contributed by atoms with E-state index in [-0.39, 0.29) is 6.61 Å². The van der Waals surface area contributed by atoms with Crippen molar-refractivity contribution < 1.29 is 29.9 Å². The molecule has 0 bridgehead atoms. The minimum Gasteiger partial charge on any atom is -0.394 e. The van der Waals surface area contributed by atoms with Gasteiger partial charge in [-0.2, -0.15) is 0 Å². The second kappa shape index (κ2) is 17.0. The standard InChI is InChI=1S/C30H38O6Si/c1-23(2)37(24(3)4,25(5)6)21-19-17-15-13-11-9-7-8-10-12-14-16-18-20-35-30-29(34)28(33)27(32)26(22-31)36-30/h23-34H,16,18,20,22H2,1-6H3/t26-,27-,28+,29-,30-/m1/s1. The Balaban J connectivity index is 2.46. The predicted octanol–water partition coefficient (Wildman–Crippen LogP) is 1.82. The first-order valence-corrected chi connectivity index (χ1v) is 14.7. The van der Waals surface area contributed by atoms with Crippen LogP contribution in [0, 0.1) is 70.7 Å². The molecule has 0 unspecified atom stereocenters. The molecular formula is C30H38O6Si. The van der Waals surface area contributed by atoms with Gasteiger partial charge < -0.3 is 29.9 Å². The maximum atomic E-state index is 9.90. The molecule has 0 aromatic rings. The highest BCUT2D eigenvalue weighted by molar-refractivity contribution is 6.90. The van der Waals surface area contributed by atoms with E-state index >= 15 is 0 Å². The summed E-state index contributed by atoms with van der Waals surface area (Å²) >= 11 is 0. The molecule has 1 rings (SSSR count). The van der Waals surface area contributed by atoms with Gasteiger partial charge in [0.2, 0.25) is 0 Å². The Hall–Kier alpha value is -2.66. The van der Waals surface area contributed by atoms with Crippen LogP contribution in [0.25, 0.3) is 0 Å². The van der Waals surface area contributed by atoms with Crippen LogP contribution in [0.4, 0.5) is 0 Å². The van der Waals surface area contributed by atoms with E-state index in [1.807, 2.05) is 0 Å². The number of aliphatic hydroxyl groups is 4. The van der Waals surface area contributed by atoms with E-state index in [9.17, 15) is 15.3 Å². The average molecular weight is 523 g/mol. The molecule has 1 aliphatic heterocycles. The maximum Gasteiger partial charge on any atom is 0.186 e. The molecule has 0 spiro atoms. The van der Waals surface area contributed by atoms with Gasteiger partial charge in [0, 0.05) is 6.42 Å². The van der Waals surface area contributed by atoms with Crippen molar-refractivity contribution in [3.63, 3.8) is 0 Å². The van der Waals surface area contributed by atoms with E-state index in [1.54, 1.807) is 0 Å². The van der Waals surface area contributed by atoms with Crippen molar-refractivity contribution in [2.24, 2.45) is 0 Å². The molecule has 5 atom stereocenters. The highest BCUT2D eigenvalue weighted by Gasteiger charge is 2.44. The maximum absolute atomic E-state index is 9.90. The van der Waals surface area contributed by atoms with Crippen molar-refractivity contribution in [1.82, 2.24) is 0 Å². The van der Waals surface area contributed by atoms with Gasteiger partial charge in [0.25, 0.3) is 0 Å². The minimum atomic E-state index is -1.77. The van der Waals surface area contributed by atoms with Crippen LogP contribution in [0.5, 0.6) is 0 Å².